The molecule has 30 heavy (non-hydrogen) atoms. The van der Waals surface area contributed by atoms with Gasteiger partial charge in [0.25, 0.3) is 0 Å². The van der Waals surface area contributed by atoms with Crippen LogP contribution in [0.1, 0.15) is 34.1 Å². The Bertz CT molecular complexity index is 726. The molecule has 1 aromatic carbocycles. The zero-order valence-corrected chi connectivity index (χ0v) is 18.7. The lowest BCUT2D eigenvalue weighted by atomic mass is 10.1. The molecule has 0 saturated carbocycles. The number of esters is 3. The largest absolute Gasteiger partial charge is 0.500 e. The molecular weight excluding hydrogens is 412 g/mol. The van der Waals surface area contributed by atoms with E-state index in [0.717, 1.165) is 0 Å². The van der Waals surface area contributed by atoms with Crippen molar-refractivity contribution < 1.29 is 41.9 Å². The van der Waals surface area contributed by atoms with Crippen molar-refractivity contribution in [1.29, 1.82) is 0 Å². The Kier molecular flexibility index (Phi) is 11.0. The molecule has 9 nitrogen and oxygen atoms in total. The van der Waals surface area contributed by atoms with Crippen molar-refractivity contribution in [2.24, 2.45) is 0 Å². The Morgan fingerprint density at radius 2 is 1.43 bits per heavy atom. The first-order valence-electron chi connectivity index (χ1n) is 9.21. The molecule has 0 saturated heterocycles. The van der Waals surface area contributed by atoms with Crippen LogP contribution in [0.25, 0.3) is 0 Å². The summed E-state index contributed by atoms with van der Waals surface area (Å²) in [4.78, 5) is 34.9. The summed E-state index contributed by atoms with van der Waals surface area (Å²) in [6.07, 6.45) is 0.485. The number of hydrogen-bond donors (Lipinski definition) is 0. The zero-order valence-electron chi connectivity index (χ0n) is 17.7. The number of carbonyl (C=O) groups excluding carboxylic acids is 3. The second kappa shape index (κ2) is 12.9. The van der Waals surface area contributed by atoms with Crippen LogP contribution in [0, 0.1) is 0 Å². The minimum absolute atomic E-state index is 0.0102. The van der Waals surface area contributed by atoms with Crippen molar-refractivity contribution in [3.05, 3.63) is 47.5 Å². The third kappa shape index (κ3) is 8.07. The molecule has 0 atom stereocenters. The lowest BCUT2D eigenvalue weighted by Crippen LogP contribution is -2.44. The molecule has 0 aliphatic carbocycles. The molecule has 166 valence electrons. The maximum Gasteiger partial charge on any atom is 0.500 e. The summed E-state index contributed by atoms with van der Waals surface area (Å²) in [7, 11) is 1.26. The third-order valence-electron chi connectivity index (χ3n) is 4.01. The lowest BCUT2D eigenvalue weighted by Gasteiger charge is -2.26. The predicted octanol–water partition coefficient (Wildman–Crippen LogP) is 2.39. The minimum atomic E-state index is -2.97. The summed E-state index contributed by atoms with van der Waals surface area (Å²) < 4.78 is 31.4. The lowest BCUT2D eigenvalue weighted by molar-refractivity contribution is -0.139. The Hall–Kier alpha value is -2.53. The normalized spacial score (nSPS) is 10.9. The van der Waals surface area contributed by atoms with Crippen molar-refractivity contribution in [2.75, 3.05) is 41.2 Å². The standard InChI is InChI=1S/C20H28O9Si/c1-15(2)18(21)27-11-6-14-30(25-4,26-5)29-13-12-28-20(23)17-9-7-16(8-10-17)19(22)24-3/h7-10H,1,6,11-14H2,2-5H3. The summed E-state index contributed by atoms with van der Waals surface area (Å²) in [5.74, 6) is -1.49. The van der Waals surface area contributed by atoms with Crippen molar-refractivity contribution in [2.45, 2.75) is 19.4 Å². The van der Waals surface area contributed by atoms with Crippen molar-refractivity contribution >= 4 is 26.7 Å². The van der Waals surface area contributed by atoms with Crippen LogP contribution in [0.15, 0.2) is 36.4 Å². The summed E-state index contributed by atoms with van der Waals surface area (Å²) in [6, 6.07) is 6.34. The van der Waals surface area contributed by atoms with Gasteiger partial charge >= 0.3 is 26.7 Å². The van der Waals surface area contributed by atoms with Crippen LogP contribution in [0.4, 0.5) is 0 Å². The highest BCUT2D eigenvalue weighted by Gasteiger charge is 2.38. The molecule has 1 rings (SSSR count). The van der Waals surface area contributed by atoms with Gasteiger partial charge in [-0.15, -0.1) is 0 Å². The summed E-state index contributed by atoms with van der Waals surface area (Å²) >= 11 is 0. The molecule has 0 heterocycles. The maximum atomic E-state index is 12.1. The quantitative estimate of drug-likeness (QED) is 0.150. The molecule has 0 aliphatic rings. The monoisotopic (exact) mass is 440 g/mol. The van der Waals surface area contributed by atoms with E-state index in [1.165, 1.54) is 45.6 Å². The molecule has 0 amide bonds. The van der Waals surface area contributed by atoms with Gasteiger partial charge in [-0.25, -0.2) is 14.4 Å². The number of ether oxygens (including phenoxy) is 3. The van der Waals surface area contributed by atoms with E-state index in [1.807, 2.05) is 0 Å². The van der Waals surface area contributed by atoms with E-state index in [0.29, 0.717) is 29.2 Å². The Morgan fingerprint density at radius 3 is 1.93 bits per heavy atom. The number of rotatable bonds is 13. The summed E-state index contributed by atoms with van der Waals surface area (Å²) in [5.41, 5.74) is 0.959. The highest BCUT2D eigenvalue weighted by molar-refractivity contribution is 6.60. The van der Waals surface area contributed by atoms with E-state index in [2.05, 4.69) is 11.3 Å². The predicted molar refractivity (Wildman–Crippen MR) is 109 cm³/mol. The number of methoxy groups -OCH3 is 1. The summed E-state index contributed by atoms with van der Waals surface area (Å²) in [5, 5.41) is 0. The fraction of sp³-hybridized carbons (Fsp3) is 0.450. The van der Waals surface area contributed by atoms with Gasteiger partial charge in [-0.2, -0.15) is 0 Å². The fourth-order valence-corrected chi connectivity index (χ4v) is 4.26. The second-order valence-electron chi connectivity index (χ2n) is 6.16. The topological polar surface area (TPSA) is 107 Å². The smallest absolute Gasteiger partial charge is 0.465 e. The van der Waals surface area contributed by atoms with Gasteiger partial charge in [-0.3, -0.25) is 0 Å². The number of benzene rings is 1. The van der Waals surface area contributed by atoms with Crippen LogP contribution in [0.2, 0.25) is 6.04 Å². The van der Waals surface area contributed by atoms with Crippen LogP contribution in [-0.4, -0.2) is 67.9 Å². The molecule has 0 N–H and O–H groups in total. The first kappa shape index (κ1) is 25.5. The number of hydrogen-bond acceptors (Lipinski definition) is 9. The van der Waals surface area contributed by atoms with Gasteiger partial charge in [0.2, 0.25) is 0 Å². The summed E-state index contributed by atoms with van der Waals surface area (Å²) in [6.45, 7) is 5.34. The van der Waals surface area contributed by atoms with Crippen LogP contribution < -0.4 is 0 Å². The molecule has 0 spiro atoms. The van der Waals surface area contributed by atoms with Gasteiger partial charge in [-0.1, -0.05) is 6.58 Å². The Morgan fingerprint density at radius 1 is 0.867 bits per heavy atom. The van der Waals surface area contributed by atoms with Crippen molar-refractivity contribution in [1.82, 2.24) is 0 Å². The SMILES string of the molecule is C=C(C)C(=O)OCCC[Si](OC)(OC)OCCOC(=O)c1ccc(C(=O)OC)cc1. The van der Waals surface area contributed by atoms with Crippen molar-refractivity contribution in [3.63, 3.8) is 0 Å². The van der Waals surface area contributed by atoms with E-state index in [1.54, 1.807) is 6.92 Å². The molecule has 0 unspecified atom stereocenters. The zero-order chi connectivity index (χ0) is 22.6. The first-order valence-corrected chi connectivity index (χ1v) is 11.1. The molecule has 0 fully saturated rings. The minimum Gasteiger partial charge on any atom is -0.465 e. The van der Waals surface area contributed by atoms with Crippen LogP contribution in [0.5, 0.6) is 0 Å². The van der Waals surface area contributed by atoms with Gasteiger partial charge in [0, 0.05) is 25.8 Å². The highest BCUT2D eigenvalue weighted by atomic mass is 28.4. The molecule has 1 aromatic rings. The van der Waals surface area contributed by atoms with E-state index in [9.17, 15) is 14.4 Å². The maximum absolute atomic E-state index is 12.1. The average Bonchev–Trinajstić information content (AvgIpc) is 2.77. The molecule has 0 aliphatic heterocycles. The Balaban J connectivity index is 2.44. The second-order valence-corrected chi connectivity index (χ2v) is 9.14. The molecular formula is C20H28O9Si. The van der Waals surface area contributed by atoms with E-state index in [4.69, 9.17) is 22.8 Å². The molecule has 10 heteroatoms. The third-order valence-corrected chi connectivity index (χ3v) is 6.86. The highest BCUT2D eigenvalue weighted by Crippen LogP contribution is 2.16. The Labute approximate surface area is 177 Å². The van der Waals surface area contributed by atoms with Gasteiger partial charge in [0.1, 0.15) is 6.61 Å². The molecule has 0 bridgehead atoms. The van der Waals surface area contributed by atoms with Gasteiger partial charge in [0.05, 0.1) is 31.5 Å². The fourth-order valence-electron chi connectivity index (χ4n) is 2.33. The van der Waals surface area contributed by atoms with Crippen LogP contribution >= 0.6 is 0 Å². The van der Waals surface area contributed by atoms with Crippen LogP contribution in [-0.2, 0) is 32.3 Å². The first-order chi connectivity index (χ1) is 14.3. The van der Waals surface area contributed by atoms with Crippen molar-refractivity contribution in [3.8, 4) is 0 Å². The van der Waals surface area contributed by atoms with Gasteiger partial charge in [-0.05, 0) is 37.6 Å². The molecule has 0 aromatic heterocycles. The van der Waals surface area contributed by atoms with Crippen LogP contribution in [0.3, 0.4) is 0 Å². The molecule has 0 radical (unpaired) electrons. The van der Waals surface area contributed by atoms with E-state index < -0.39 is 26.7 Å². The van der Waals surface area contributed by atoms with Gasteiger partial charge in [0.15, 0.2) is 0 Å². The average molecular weight is 441 g/mol. The number of carbonyl (C=O) groups is 3. The van der Waals surface area contributed by atoms with E-state index >= 15 is 0 Å². The van der Waals surface area contributed by atoms with E-state index in [-0.39, 0.29) is 19.8 Å². The van der Waals surface area contributed by atoms with Gasteiger partial charge < -0.3 is 27.5 Å².